The molecule has 3 N–H and O–H groups in total. The van der Waals surface area contributed by atoms with Gasteiger partial charge >= 0.3 is 0 Å². The average molecular weight is 434 g/mol. The second-order valence-corrected chi connectivity index (χ2v) is 6.43. The molecule has 10 nitrogen and oxygen atoms in total. The van der Waals surface area contributed by atoms with E-state index in [1.54, 1.807) is 24.3 Å². The number of anilines is 1. The number of amides is 2. The largest absolute Gasteiger partial charge is 0.507 e. The molecule has 0 atom stereocenters. The maximum Gasteiger partial charge on any atom is 0.271 e. The van der Waals surface area contributed by atoms with Crippen LogP contribution in [0.2, 0.25) is 0 Å². The second kappa shape index (κ2) is 10.3. The van der Waals surface area contributed by atoms with E-state index in [0.717, 1.165) is 18.3 Å². The molecule has 3 aromatic rings. The molecule has 0 radical (unpaired) electrons. The van der Waals surface area contributed by atoms with Crippen molar-refractivity contribution in [3.8, 4) is 11.5 Å². The lowest BCUT2D eigenvalue weighted by atomic mass is 10.2. The van der Waals surface area contributed by atoms with Crippen molar-refractivity contribution >= 4 is 29.4 Å². The molecule has 0 spiro atoms. The minimum Gasteiger partial charge on any atom is -0.507 e. The highest BCUT2D eigenvalue weighted by Gasteiger charge is 2.10. The molecular weight excluding hydrogens is 416 g/mol. The Morgan fingerprint density at radius 2 is 1.78 bits per heavy atom. The van der Waals surface area contributed by atoms with E-state index in [4.69, 9.17) is 4.74 Å². The smallest absolute Gasteiger partial charge is 0.271 e. The summed E-state index contributed by atoms with van der Waals surface area (Å²) < 4.78 is 5.40. The number of aromatic hydroxyl groups is 1. The van der Waals surface area contributed by atoms with Gasteiger partial charge < -0.3 is 15.2 Å². The third-order valence-corrected chi connectivity index (χ3v) is 4.14. The Labute approximate surface area is 182 Å². The summed E-state index contributed by atoms with van der Waals surface area (Å²) in [4.78, 5) is 34.3. The Hall–Kier alpha value is -4.73. The minimum atomic E-state index is -0.607. The molecule has 3 aromatic carbocycles. The van der Waals surface area contributed by atoms with Crippen molar-refractivity contribution in [1.29, 1.82) is 0 Å². The van der Waals surface area contributed by atoms with E-state index >= 15 is 0 Å². The van der Waals surface area contributed by atoms with E-state index in [1.807, 2.05) is 6.07 Å². The fraction of sp³-hybridized carbons (Fsp3) is 0.0455. The lowest BCUT2D eigenvalue weighted by molar-refractivity contribution is -0.384. The van der Waals surface area contributed by atoms with E-state index < -0.39 is 10.8 Å². The molecule has 0 bridgehead atoms. The number of nitro groups is 1. The molecule has 162 valence electrons. The predicted molar refractivity (Wildman–Crippen MR) is 117 cm³/mol. The fourth-order valence-corrected chi connectivity index (χ4v) is 2.55. The predicted octanol–water partition coefficient (Wildman–Crippen LogP) is 3.08. The summed E-state index contributed by atoms with van der Waals surface area (Å²) in [5, 5.41) is 26.9. The summed E-state index contributed by atoms with van der Waals surface area (Å²) >= 11 is 0. The highest BCUT2D eigenvalue weighted by Crippen LogP contribution is 2.21. The number of nitrogens with zero attached hydrogens (tertiary/aromatic N) is 2. The van der Waals surface area contributed by atoms with Crippen LogP contribution in [0.4, 0.5) is 11.4 Å². The van der Waals surface area contributed by atoms with Crippen molar-refractivity contribution in [1.82, 2.24) is 5.43 Å². The van der Waals surface area contributed by atoms with Crippen molar-refractivity contribution in [3.63, 3.8) is 0 Å². The maximum atomic E-state index is 12.2. The Morgan fingerprint density at radius 1 is 1.06 bits per heavy atom. The van der Waals surface area contributed by atoms with Crippen molar-refractivity contribution in [2.24, 2.45) is 5.10 Å². The number of hydrogen-bond acceptors (Lipinski definition) is 7. The van der Waals surface area contributed by atoms with Gasteiger partial charge in [0.25, 0.3) is 17.5 Å². The van der Waals surface area contributed by atoms with Gasteiger partial charge in [0.2, 0.25) is 0 Å². The lowest BCUT2D eigenvalue weighted by Gasteiger charge is -2.08. The number of rotatable bonds is 8. The molecule has 0 saturated carbocycles. The lowest BCUT2D eigenvalue weighted by Crippen LogP contribution is -2.20. The number of para-hydroxylation sites is 1. The molecule has 0 unspecified atom stereocenters. The number of ether oxygens (including phenoxy) is 1. The average Bonchev–Trinajstić information content (AvgIpc) is 2.79. The Bertz CT molecular complexity index is 1150. The zero-order valence-electron chi connectivity index (χ0n) is 16.6. The van der Waals surface area contributed by atoms with Crippen LogP contribution < -0.4 is 15.5 Å². The van der Waals surface area contributed by atoms with Gasteiger partial charge in [-0.2, -0.15) is 5.10 Å². The van der Waals surface area contributed by atoms with Crippen LogP contribution in [0.5, 0.6) is 11.5 Å². The number of nitro benzene ring substituents is 1. The van der Waals surface area contributed by atoms with Gasteiger partial charge in [0, 0.05) is 28.9 Å². The van der Waals surface area contributed by atoms with Crippen molar-refractivity contribution < 1.29 is 24.4 Å². The van der Waals surface area contributed by atoms with E-state index in [2.05, 4.69) is 15.8 Å². The molecule has 0 aliphatic rings. The van der Waals surface area contributed by atoms with Gasteiger partial charge in [-0.15, -0.1) is 0 Å². The van der Waals surface area contributed by atoms with E-state index in [9.17, 15) is 24.8 Å². The molecule has 0 aliphatic heterocycles. The van der Waals surface area contributed by atoms with E-state index in [0.29, 0.717) is 11.4 Å². The van der Waals surface area contributed by atoms with Gasteiger partial charge in [0.05, 0.1) is 11.1 Å². The number of carbonyl (C=O) groups excluding carboxylic acids is 2. The molecule has 10 heteroatoms. The van der Waals surface area contributed by atoms with Gasteiger partial charge in [-0.1, -0.05) is 18.2 Å². The number of phenolic OH excluding ortho intramolecular Hbond substituents is 1. The topological polar surface area (TPSA) is 143 Å². The fourth-order valence-electron chi connectivity index (χ4n) is 2.55. The number of benzene rings is 3. The molecule has 0 heterocycles. The van der Waals surface area contributed by atoms with Crippen LogP contribution in [-0.4, -0.2) is 34.7 Å². The number of phenols is 1. The first-order valence-electron chi connectivity index (χ1n) is 9.31. The Balaban J connectivity index is 1.51. The van der Waals surface area contributed by atoms with E-state index in [1.165, 1.54) is 30.3 Å². The minimum absolute atomic E-state index is 0.0806. The summed E-state index contributed by atoms with van der Waals surface area (Å²) in [5.74, 6) is -0.683. The number of hydrogen-bond donors (Lipinski definition) is 3. The third kappa shape index (κ3) is 6.13. The highest BCUT2D eigenvalue weighted by molar-refractivity contribution is 5.95. The summed E-state index contributed by atoms with van der Waals surface area (Å²) in [5.41, 5.74) is 3.06. The molecule has 0 saturated heterocycles. The normalized spacial score (nSPS) is 10.5. The first-order valence-corrected chi connectivity index (χ1v) is 9.31. The number of nitrogens with one attached hydrogen (secondary N) is 2. The summed E-state index contributed by atoms with van der Waals surface area (Å²) in [6.45, 7) is -0.197. The third-order valence-electron chi connectivity index (χ3n) is 4.14. The number of carbonyl (C=O) groups is 2. The molecule has 32 heavy (non-hydrogen) atoms. The molecule has 3 rings (SSSR count). The SMILES string of the molecule is O=C(COc1ccc(C(=O)NN=Cc2cc([N+](=O)[O-])ccc2O)cc1)Nc1ccccc1. The van der Waals surface area contributed by atoms with Crippen LogP contribution >= 0.6 is 0 Å². The molecule has 2 amide bonds. The first-order chi connectivity index (χ1) is 15.4. The standard InChI is InChI=1S/C22H18N4O6/c27-20-11-8-18(26(30)31)12-16(20)13-23-25-22(29)15-6-9-19(10-7-15)32-14-21(28)24-17-4-2-1-3-5-17/h1-13,27H,14H2,(H,24,28)(H,25,29). The number of non-ortho nitro benzene ring substituents is 1. The Kier molecular flexibility index (Phi) is 7.10. The molecule has 0 aromatic heterocycles. The van der Waals surface area contributed by atoms with Gasteiger partial charge in [0.15, 0.2) is 6.61 Å². The zero-order chi connectivity index (χ0) is 22.9. The second-order valence-electron chi connectivity index (χ2n) is 6.43. The Morgan fingerprint density at radius 3 is 2.47 bits per heavy atom. The van der Waals surface area contributed by atoms with Gasteiger partial charge in [-0.05, 0) is 42.5 Å². The molecule has 0 aliphatic carbocycles. The summed E-state index contributed by atoms with van der Waals surface area (Å²) in [6.07, 6.45) is 1.10. The summed E-state index contributed by atoms with van der Waals surface area (Å²) in [7, 11) is 0. The highest BCUT2D eigenvalue weighted by atomic mass is 16.6. The van der Waals surface area contributed by atoms with Gasteiger partial charge in [-0.25, -0.2) is 5.43 Å². The van der Waals surface area contributed by atoms with Crippen LogP contribution in [0.3, 0.4) is 0 Å². The van der Waals surface area contributed by atoms with Crippen molar-refractivity contribution in [2.75, 3.05) is 11.9 Å². The zero-order valence-corrected chi connectivity index (χ0v) is 16.6. The van der Waals surface area contributed by atoms with Gasteiger partial charge in [0.1, 0.15) is 11.5 Å². The van der Waals surface area contributed by atoms with Gasteiger partial charge in [-0.3, -0.25) is 19.7 Å². The van der Waals surface area contributed by atoms with Crippen LogP contribution in [-0.2, 0) is 4.79 Å². The maximum absolute atomic E-state index is 12.2. The summed E-state index contributed by atoms with van der Waals surface area (Å²) in [6, 6.07) is 18.4. The number of hydrazone groups is 1. The monoisotopic (exact) mass is 434 g/mol. The first kappa shape index (κ1) is 22.0. The van der Waals surface area contributed by atoms with E-state index in [-0.39, 0.29) is 35.1 Å². The van der Waals surface area contributed by atoms with Crippen molar-refractivity contribution in [2.45, 2.75) is 0 Å². The van der Waals surface area contributed by atoms with Crippen LogP contribution in [0, 0.1) is 10.1 Å². The molecular formula is C22H18N4O6. The van der Waals surface area contributed by atoms with Crippen molar-refractivity contribution in [3.05, 3.63) is 94.0 Å². The quantitative estimate of drug-likeness (QED) is 0.282. The van der Waals surface area contributed by atoms with Crippen LogP contribution in [0.1, 0.15) is 15.9 Å². The van der Waals surface area contributed by atoms with Crippen LogP contribution in [0.25, 0.3) is 0 Å². The van der Waals surface area contributed by atoms with Crippen LogP contribution in [0.15, 0.2) is 77.9 Å². The molecule has 0 fully saturated rings.